The Morgan fingerprint density at radius 2 is 2.00 bits per heavy atom. The molecule has 0 aliphatic heterocycles. The monoisotopic (exact) mass is 278 g/mol. The van der Waals surface area contributed by atoms with Gasteiger partial charge in [-0.2, -0.15) is 0 Å². The summed E-state index contributed by atoms with van der Waals surface area (Å²) in [5.74, 6) is -0.136. The van der Waals surface area contributed by atoms with Crippen LogP contribution in [0.15, 0.2) is 24.3 Å². The van der Waals surface area contributed by atoms with Gasteiger partial charge in [-0.1, -0.05) is 31.9 Å². The molecule has 1 N–H and O–H groups in total. The summed E-state index contributed by atoms with van der Waals surface area (Å²) < 4.78 is 13.4. The first-order valence-electron chi connectivity index (χ1n) is 7.74. The highest BCUT2D eigenvalue weighted by atomic mass is 19.1. The fourth-order valence-corrected chi connectivity index (χ4v) is 3.69. The molecule has 1 saturated carbocycles. The van der Waals surface area contributed by atoms with Crippen LogP contribution in [0.5, 0.6) is 0 Å². The highest BCUT2D eigenvalue weighted by Gasteiger charge is 2.42. The van der Waals surface area contributed by atoms with Gasteiger partial charge in [0.2, 0.25) is 0 Å². The Bertz CT molecular complexity index is 425. The van der Waals surface area contributed by atoms with E-state index in [1.54, 1.807) is 6.07 Å². The molecule has 1 unspecified atom stereocenters. The zero-order chi connectivity index (χ0) is 14.6. The standard InChI is InChI=1S/C17H27FN2/c1-4-19-16(13-14-8-7-9-15(18)12-14)17(20(2)3)10-5-6-11-17/h7-9,12,16,19H,4-6,10-11,13H2,1-3H3. The smallest absolute Gasteiger partial charge is 0.123 e. The summed E-state index contributed by atoms with van der Waals surface area (Å²) >= 11 is 0. The average Bonchev–Trinajstić information content (AvgIpc) is 2.89. The zero-order valence-electron chi connectivity index (χ0n) is 13.0. The number of nitrogens with one attached hydrogen (secondary N) is 1. The molecular formula is C17H27FN2. The van der Waals surface area contributed by atoms with Crippen molar-refractivity contribution in [1.82, 2.24) is 10.2 Å². The molecule has 1 atom stereocenters. The van der Waals surface area contributed by atoms with Gasteiger partial charge in [-0.15, -0.1) is 0 Å². The molecule has 0 aromatic heterocycles. The van der Waals surface area contributed by atoms with Crippen molar-refractivity contribution >= 4 is 0 Å². The van der Waals surface area contributed by atoms with E-state index < -0.39 is 0 Å². The summed E-state index contributed by atoms with van der Waals surface area (Å²) in [5.41, 5.74) is 1.30. The van der Waals surface area contributed by atoms with Gasteiger partial charge in [0.1, 0.15) is 5.82 Å². The van der Waals surface area contributed by atoms with Gasteiger partial charge in [0, 0.05) is 11.6 Å². The molecule has 2 nitrogen and oxygen atoms in total. The van der Waals surface area contributed by atoms with E-state index in [2.05, 4.69) is 31.2 Å². The summed E-state index contributed by atoms with van der Waals surface area (Å²) in [5, 5.41) is 3.65. The van der Waals surface area contributed by atoms with Crippen molar-refractivity contribution in [1.29, 1.82) is 0 Å². The summed E-state index contributed by atoms with van der Waals surface area (Å²) in [7, 11) is 4.36. The molecule has 1 fully saturated rings. The van der Waals surface area contributed by atoms with Crippen molar-refractivity contribution in [3.05, 3.63) is 35.6 Å². The summed E-state index contributed by atoms with van der Waals surface area (Å²) in [6.07, 6.45) is 5.94. The molecule has 0 radical (unpaired) electrons. The van der Waals surface area contributed by atoms with E-state index >= 15 is 0 Å². The number of rotatable bonds is 6. The topological polar surface area (TPSA) is 15.3 Å². The average molecular weight is 278 g/mol. The molecule has 0 bridgehead atoms. The second kappa shape index (κ2) is 6.68. The van der Waals surface area contributed by atoms with Gasteiger partial charge >= 0.3 is 0 Å². The summed E-state index contributed by atoms with van der Waals surface area (Å²) in [4.78, 5) is 2.38. The molecule has 1 aromatic carbocycles. The lowest BCUT2D eigenvalue weighted by molar-refractivity contribution is 0.105. The maximum atomic E-state index is 13.4. The number of hydrogen-bond acceptors (Lipinski definition) is 2. The Morgan fingerprint density at radius 1 is 1.30 bits per heavy atom. The van der Waals surface area contributed by atoms with E-state index in [-0.39, 0.29) is 11.4 Å². The summed E-state index contributed by atoms with van der Waals surface area (Å²) in [6, 6.07) is 7.41. The van der Waals surface area contributed by atoms with Gasteiger partial charge in [-0.3, -0.25) is 0 Å². The van der Waals surface area contributed by atoms with Crippen LogP contribution >= 0.6 is 0 Å². The maximum absolute atomic E-state index is 13.4. The second-order valence-electron chi connectivity index (χ2n) is 6.15. The van der Waals surface area contributed by atoms with Crippen LogP contribution in [-0.2, 0) is 6.42 Å². The number of benzene rings is 1. The van der Waals surface area contributed by atoms with Gasteiger partial charge in [0.25, 0.3) is 0 Å². The van der Waals surface area contributed by atoms with E-state index in [0.717, 1.165) is 18.5 Å². The van der Waals surface area contributed by atoms with Crippen molar-refractivity contribution < 1.29 is 4.39 Å². The Hall–Kier alpha value is -0.930. The molecule has 0 spiro atoms. The maximum Gasteiger partial charge on any atom is 0.123 e. The molecule has 1 aromatic rings. The minimum Gasteiger partial charge on any atom is -0.312 e. The minimum absolute atomic E-state index is 0.136. The van der Waals surface area contributed by atoms with Crippen LogP contribution in [-0.4, -0.2) is 37.1 Å². The van der Waals surface area contributed by atoms with Crippen LogP contribution in [0, 0.1) is 5.82 Å². The van der Waals surface area contributed by atoms with E-state index in [0.29, 0.717) is 6.04 Å². The zero-order valence-corrected chi connectivity index (χ0v) is 13.0. The summed E-state index contributed by atoms with van der Waals surface area (Å²) in [6.45, 7) is 3.10. The van der Waals surface area contributed by atoms with Crippen LogP contribution < -0.4 is 5.32 Å². The SMILES string of the molecule is CCNC(Cc1cccc(F)c1)C1(N(C)C)CCCC1. The molecule has 0 saturated heterocycles. The lowest BCUT2D eigenvalue weighted by Crippen LogP contribution is -2.58. The van der Waals surface area contributed by atoms with Gasteiger partial charge < -0.3 is 10.2 Å². The number of likely N-dealkylation sites (N-methyl/N-ethyl adjacent to an activating group) is 2. The predicted molar refractivity (Wildman–Crippen MR) is 82.5 cm³/mol. The molecule has 20 heavy (non-hydrogen) atoms. The Kier molecular flexibility index (Phi) is 5.17. The molecule has 1 aliphatic carbocycles. The largest absolute Gasteiger partial charge is 0.312 e. The molecule has 0 heterocycles. The Balaban J connectivity index is 2.21. The van der Waals surface area contributed by atoms with E-state index in [1.165, 1.54) is 31.7 Å². The minimum atomic E-state index is -0.136. The second-order valence-corrected chi connectivity index (χ2v) is 6.15. The van der Waals surface area contributed by atoms with E-state index in [4.69, 9.17) is 0 Å². The van der Waals surface area contributed by atoms with Gasteiger partial charge in [-0.25, -0.2) is 4.39 Å². The van der Waals surface area contributed by atoms with Crippen LogP contribution in [0.2, 0.25) is 0 Å². The molecule has 112 valence electrons. The normalized spacial score (nSPS) is 19.4. The highest BCUT2D eigenvalue weighted by Crippen LogP contribution is 2.37. The fourth-order valence-electron chi connectivity index (χ4n) is 3.69. The first-order chi connectivity index (χ1) is 9.58. The fraction of sp³-hybridized carbons (Fsp3) is 0.647. The van der Waals surface area contributed by atoms with Crippen molar-refractivity contribution in [2.24, 2.45) is 0 Å². The number of halogens is 1. The first-order valence-corrected chi connectivity index (χ1v) is 7.74. The number of hydrogen-bond donors (Lipinski definition) is 1. The molecule has 2 rings (SSSR count). The van der Waals surface area contributed by atoms with Crippen LogP contribution in [0.25, 0.3) is 0 Å². The van der Waals surface area contributed by atoms with Crippen molar-refractivity contribution in [3.8, 4) is 0 Å². The molecular weight excluding hydrogens is 251 g/mol. The van der Waals surface area contributed by atoms with Crippen LogP contribution in [0.3, 0.4) is 0 Å². The van der Waals surface area contributed by atoms with E-state index in [1.807, 2.05) is 12.1 Å². The highest BCUT2D eigenvalue weighted by molar-refractivity contribution is 5.19. The van der Waals surface area contributed by atoms with Crippen molar-refractivity contribution in [2.75, 3.05) is 20.6 Å². The van der Waals surface area contributed by atoms with Crippen LogP contribution in [0.4, 0.5) is 4.39 Å². The molecule has 0 amide bonds. The lowest BCUT2D eigenvalue weighted by Gasteiger charge is -2.44. The molecule has 1 aliphatic rings. The van der Waals surface area contributed by atoms with E-state index in [9.17, 15) is 4.39 Å². The lowest BCUT2D eigenvalue weighted by atomic mass is 9.83. The van der Waals surface area contributed by atoms with Gasteiger partial charge in [0.15, 0.2) is 0 Å². The predicted octanol–water partition coefficient (Wildman–Crippen LogP) is 3.22. The Morgan fingerprint density at radius 3 is 2.55 bits per heavy atom. The first kappa shape index (κ1) is 15.5. The van der Waals surface area contributed by atoms with Crippen LogP contribution in [0.1, 0.15) is 38.2 Å². The third kappa shape index (κ3) is 3.21. The van der Waals surface area contributed by atoms with Crippen molar-refractivity contribution in [2.45, 2.75) is 50.6 Å². The third-order valence-electron chi connectivity index (χ3n) is 4.79. The van der Waals surface area contributed by atoms with Gasteiger partial charge in [0.05, 0.1) is 0 Å². The van der Waals surface area contributed by atoms with Gasteiger partial charge in [-0.05, 0) is 57.6 Å². The molecule has 3 heteroatoms. The Labute approximate surface area is 122 Å². The van der Waals surface area contributed by atoms with Crippen molar-refractivity contribution in [3.63, 3.8) is 0 Å². The third-order valence-corrected chi connectivity index (χ3v) is 4.79. The quantitative estimate of drug-likeness (QED) is 0.859. The number of nitrogens with zero attached hydrogens (tertiary/aromatic N) is 1.